The number of carbonyl (C=O) groups excluding carboxylic acids is 1. The van der Waals surface area contributed by atoms with E-state index < -0.39 is 5.91 Å². The van der Waals surface area contributed by atoms with Gasteiger partial charge in [0.05, 0.1) is 29.2 Å². The van der Waals surface area contributed by atoms with Gasteiger partial charge in [0.25, 0.3) is 5.91 Å². The molecule has 5 rings (SSSR count). The number of hydrogen-bond donors (Lipinski definition) is 4. The predicted octanol–water partition coefficient (Wildman–Crippen LogP) is 2.61. The van der Waals surface area contributed by atoms with Crippen LogP contribution in [0.3, 0.4) is 0 Å². The van der Waals surface area contributed by atoms with Gasteiger partial charge in [-0.2, -0.15) is 0 Å². The SMILES string of the molecule is CNC1=C(C(N)=O)N(C)C(c2cccc(OCC(OC)C3CC3)n2)C=C1c1c(C)ccc2c1CNN2. The van der Waals surface area contributed by atoms with E-state index in [9.17, 15) is 4.79 Å². The van der Waals surface area contributed by atoms with Gasteiger partial charge in [0, 0.05) is 45.0 Å². The van der Waals surface area contributed by atoms with Gasteiger partial charge in [-0.1, -0.05) is 12.1 Å². The molecule has 2 aliphatic heterocycles. The predicted molar refractivity (Wildman–Crippen MR) is 139 cm³/mol. The monoisotopic (exact) mass is 490 g/mol. The number of methoxy groups -OCH3 is 1. The summed E-state index contributed by atoms with van der Waals surface area (Å²) in [5.41, 5.74) is 19.5. The van der Waals surface area contributed by atoms with Crippen molar-refractivity contribution >= 4 is 17.2 Å². The van der Waals surface area contributed by atoms with Gasteiger partial charge in [-0.25, -0.2) is 10.4 Å². The lowest BCUT2D eigenvalue weighted by molar-refractivity contribution is -0.116. The molecule has 0 saturated heterocycles. The average molecular weight is 491 g/mol. The minimum atomic E-state index is -0.501. The van der Waals surface area contributed by atoms with Crippen molar-refractivity contribution in [1.29, 1.82) is 0 Å². The molecule has 36 heavy (non-hydrogen) atoms. The molecule has 2 aromatic rings. The number of allylic oxidation sites excluding steroid dienone is 1. The summed E-state index contributed by atoms with van der Waals surface area (Å²) < 4.78 is 11.6. The highest BCUT2D eigenvalue weighted by Gasteiger charge is 2.34. The van der Waals surface area contributed by atoms with Crippen molar-refractivity contribution in [3.05, 3.63) is 70.2 Å². The Hall–Kier alpha value is -3.56. The standard InChI is InChI=1S/C27H34N6O3/c1-15-8-11-19-18(13-30-32-19)24(15)17-12-21(33(3)26(27(28)34)25(17)29-2)20-6-5-7-23(31-20)36-14-22(35-4)16-9-10-16/h5-8,11-12,16,21-22,29-30,32H,9-10,13-14H2,1-4H3,(H2,28,34). The van der Waals surface area contributed by atoms with E-state index >= 15 is 0 Å². The molecule has 3 heterocycles. The van der Waals surface area contributed by atoms with Crippen LogP contribution in [0.15, 0.2) is 47.8 Å². The highest BCUT2D eigenvalue weighted by Crippen LogP contribution is 2.42. The first-order valence-electron chi connectivity index (χ1n) is 12.3. The molecule has 190 valence electrons. The number of hydrogen-bond acceptors (Lipinski definition) is 8. The van der Waals surface area contributed by atoms with Crippen molar-refractivity contribution in [2.45, 2.75) is 38.5 Å². The van der Waals surface area contributed by atoms with Crippen molar-refractivity contribution in [3.63, 3.8) is 0 Å². The van der Waals surface area contributed by atoms with Crippen LogP contribution in [0.1, 0.15) is 41.3 Å². The molecule has 2 atom stereocenters. The number of anilines is 1. The Bertz CT molecular complexity index is 1240. The fourth-order valence-corrected chi connectivity index (χ4v) is 5.21. The maximum Gasteiger partial charge on any atom is 0.267 e. The largest absolute Gasteiger partial charge is 0.475 e. The molecule has 1 aliphatic carbocycles. The van der Waals surface area contributed by atoms with Gasteiger partial charge in [0.2, 0.25) is 5.88 Å². The fourth-order valence-electron chi connectivity index (χ4n) is 5.21. The summed E-state index contributed by atoms with van der Waals surface area (Å²) in [4.78, 5) is 19.4. The summed E-state index contributed by atoms with van der Waals surface area (Å²) in [6, 6.07) is 9.56. The van der Waals surface area contributed by atoms with Gasteiger partial charge in [-0.15, -0.1) is 0 Å². The van der Waals surface area contributed by atoms with E-state index in [2.05, 4.69) is 41.3 Å². The number of nitrogens with zero attached hydrogens (tertiary/aromatic N) is 2. The smallest absolute Gasteiger partial charge is 0.267 e. The number of benzene rings is 1. The van der Waals surface area contributed by atoms with E-state index in [4.69, 9.17) is 20.2 Å². The average Bonchev–Trinajstić information content (AvgIpc) is 3.60. The van der Waals surface area contributed by atoms with E-state index in [0.717, 1.165) is 33.6 Å². The molecular weight excluding hydrogens is 456 g/mol. The molecular formula is C27H34N6O3. The van der Waals surface area contributed by atoms with Gasteiger partial charge in [0.1, 0.15) is 12.3 Å². The molecule has 1 amide bonds. The molecule has 9 heteroatoms. The highest BCUT2D eigenvalue weighted by molar-refractivity contribution is 5.99. The van der Waals surface area contributed by atoms with Crippen LogP contribution in [0.25, 0.3) is 5.57 Å². The number of likely N-dealkylation sites (N-methyl/N-ethyl adjacent to an activating group) is 2. The summed E-state index contributed by atoms with van der Waals surface area (Å²) in [6.45, 7) is 3.22. The number of hydrazine groups is 1. The zero-order chi connectivity index (χ0) is 25.4. The van der Waals surface area contributed by atoms with Gasteiger partial charge in [-0.3, -0.25) is 4.79 Å². The second-order valence-corrected chi connectivity index (χ2v) is 9.56. The third-order valence-corrected chi connectivity index (χ3v) is 7.26. The number of carbonyl (C=O) groups is 1. The molecule has 0 radical (unpaired) electrons. The van der Waals surface area contributed by atoms with Crippen LogP contribution in [0.5, 0.6) is 5.88 Å². The lowest BCUT2D eigenvalue weighted by Gasteiger charge is -2.36. The lowest BCUT2D eigenvalue weighted by atomic mass is 9.87. The molecule has 0 spiro atoms. The number of rotatable bonds is 9. The van der Waals surface area contributed by atoms with Gasteiger partial charge in [-0.05, 0) is 55.0 Å². The number of pyridine rings is 1. The molecule has 1 saturated carbocycles. The van der Waals surface area contributed by atoms with Crippen molar-refractivity contribution in [3.8, 4) is 5.88 Å². The summed E-state index contributed by atoms with van der Waals surface area (Å²) in [5.74, 6) is 0.600. The van der Waals surface area contributed by atoms with Crippen LogP contribution in [0.2, 0.25) is 0 Å². The minimum Gasteiger partial charge on any atom is -0.475 e. The van der Waals surface area contributed by atoms with Crippen molar-refractivity contribution < 1.29 is 14.3 Å². The van der Waals surface area contributed by atoms with E-state index in [1.807, 2.05) is 37.2 Å². The Labute approximate surface area is 211 Å². The van der Waals surface area contributed by atoms with Crippen LogP contribution >= 0.6 is 0 Å². The zero-order valence-electron chi connectivity index (χ0n) is 21.2. The Kier molecular flexibility index (Phi) is 6.59. The number of fused-ring (bicyclic) bond motifs is 1. The molecule has 0 bridgehead atoms. The summed E-state index contributed by atoms with van der Waals surface area (Å²) >= 11 is 0. The van der Waals surface area contributed by atoms with Crippen molar-refractivity contribution in [2.75, 3.05) is 33.2 Å². The van der Waals surface area contributed by atoms with Crippen LogP contribution in [-0.4, -0.2) is 49.7 Å². The van der Waals surface area contributed by atoms with E-state index in [1.54, 1.807) is 7.11 Å². The number of amides is 1. The number of aryl methyl sites for hydroxylation is 1. The van der Waals surface area contributed by atoms with Crippen LogP contribution in [0, 0.1) is 12.8 Å². The second kappa shape index (κ2) is 9.83. The van der Waals surface area contributed by atoms with Crippen LogP contribution < -0.4 is 26.6 Å². The molecule has 2 unspecified atom stereocenters. The number of nitrogens with two attached hydrogens (primary N) is 1. The van der Waals surface area contributed by atoms with E-state index in [0.29, 0.717) is 36.3 Å². The molecule has 1 aromatic heterocycles. The van der Waals surface area contributed by atoms with E-state index in [1.165, 1.54) is 12.8 Å². The summed E-state index contributed by atoms with van der Waals surface area (Å²) in [5, 5.41) is 3.24. The molecule has 3 aliphatic rings. The number of aromatic nitrogens is 1. The number of primary amides is 1. The van der Waals surface area contributed by atoms with Gasteiger partial charge < -0.3 is 30.8 Å². The molecule has 5 N–H and O–H groups in total. The second-order valence-electron chi connectivity index (χ2n) is 9.56. The van der Waals surface area contributed by atoms with Crippen LogP contribution in [-0.2, 0) is 16.1 Å². The molecule has 1 aromatic carbocycles. The van der Waals surface area contributed by atoms with E-state index in [-0.39, 0.29) is 12.1 Å². The first kappa shape index (κ1) is 24.1. The normalized spacial score (nSPS) is 19.9. The molecule has 9 nitrogen and oxygen atoms in total. The third-order valence-electron chi connectivity index (χ3n) is 7.26. The fraction of sp³-hybridized carbons (Fsp3) is 0.407. The first-order valence-corrected chi connectivity index (χ1v) is 12.3. The maximum absolute atomic E-state index is 12.7. The van der Waals surface area contributed by atoms with Gasteiger partial charge >= 0.3 is 0 Å². The Morgan fingerprint density at radius 1 is 1.31 bits per heavy atom. The summed E-state index contributed by atoms with van der Waals surface area (Å²) in [7, 11) is 5.40. The Balaban J connectivity index is 1.55. The Morgan fingerprint density at radius 3 is 2.81 bits per heavy atom. The quantitative estimate of drug-likeness (QED) is 0.424. The number of nitrogens with one attached hydrogen (secondary N) is 3. The van der Waals surface area contributed by atoms with Crippen molar-refractivity contribution in [2.24, 2.45) is 11.7 Å². The van der Waals surface area contributed by atoms with Gasteiger partial charge in [0.15, 0.2) is 0 Å². The highest BCUT2D eigenvalue weighted by atomic mass is 16.5. The topological polar surface area (TPSA) is 114 Å². The Morgan fingerprint density at radius 2 is 2.11 bits per heavy atom. The third kappa shape index (κ3) is 4.40. The molecule has 1 fully saturated rings. The first-order chi connectivity index (χ1) is 17.4. The van der Waals surface area contributed by atoms with Crippen LogP contribution in [0.4, 0.5) is 5.69 Å². The lowest BCUT2D eigenvalue weighted by Crippen LogP contribution is -2.38. The van der Waals surface area contributed by atoms with Crippen molar-refractivity contribution in [1.82, 2.24) is 20.6 Å². The summed E-state index contributed by atoms with van der Waals surface area (Å²) in [6.07, 6.45) is 4.58. The minimum absolute atomic E-state index is 0.0762. The zero-order valence-corrected chi connectivity index (χ0v) is 21.2. The number of ether oxygens (including phenoxy) is 2. The maximum atomic E-state index is 12.7.